The summed E-state index contributed by atoms with van der Waals surface area (Å²) < 4.78 is 23.9. The third kappa shape index (κ3) is 3.43. The Labute approximate surface area is 127 Å². The highest BCUT2D eigenvalue weighted by atomic mass is 19.1. The van der Waals surface area contributed by atoms with Crippen LogP contribution in [0.1, 0.15) is 18.5 Å². The van der Waals surface area contributed by atoms with Crippen molar-refractivity contribution in [2.45, 2.75) is 13.0 Å². The number of ether oxygens (including phenoxy) is 2. The number of halogens is 1. The maximum atomic E-state index is 14.0. The van der Waals surface area contributed by atoms with Crippen LogP contribution >= 0.6 is 0 Å². The number of amides is 2. The van der Waals surface area contributed by atoms with E-state index in [4.69, 9.17) is 9.47 Å². The lowest BCUT2D eigenvalue weighted by molar-refractivity contribution is -0.140. The SMILES string of the molecule is COCCOC(=O)C1=C(C)NC(=O)N[C@H]1c1ccccc1F. The molecular formula is C15H17FN2O4. The summed E-state index contributed by atoms with van der Waals surface area (Å²) in [5.74, 6) is -1.14. The van der Waals surface area contributed by atoms with Crippen LogP contribution in [0.3, 0.4) is 0 Å². The number of rotatable bonds is 5. The summed E-state index contributed by atoms with van der Waals surface area (Å²) in [7, 11) is 1.49. The van der Waals surface area contributed by atoms with Crippen LogP contribution in [0.5, 0.6) is 0 Å². The number of hydrogen-bond donors (Lipinski definition) is 2. The molecule has 0 spiro atoms. The van der Waals surface area contributed by atoms with Crippen LogP contribution in [0, 0.1) is 5.82 Å². The Morgan fingerprint density at radius 3 is 2.73 bits per heavy atom. The molecule has 1 aliphatic heterocycles. The van der Waals surface area contributed by atoms with Crippen molar-refractivity contribution in [2.24, 2.45) is 0 Å². The molecule has 2 N–H and O–H groups in total. The number of urea groups is 1. The highest BCUT2D eigenvalue weighted by Crippen LogP contribution is 2.29. The van der Waals surface area contributed by atoms with Gasteiger partial charge in [0.15, 0.2) is 0 Å². The summed E-state index contributed by atoms with van der Waals surface area (Å²) in [5, 5.41) is 5.04. The lowest BCUT2D eigenvalue weighted by atomic mass is 9.95. The minimum absolute atomic E-state index is 0.0735. The van der Waals surface area contributed by atoms with Gasteiger partial charge in [0.25, 0.3) is 0 Å². The van der Waals surface area contributed by atoms with Crippen LogP contribution < -0.4 is 10.6 Å². The zero-order chi connectivity index (χ0) is 16.1. The van der Waals surface area contributed by atoms with Gasteiger partial charge in [-0.1, -0.05) is 18.2 Å². The van der Waals surface area contributed by atoms with Gasteiger partial charge in [-0.2, -0.15) is 0 Å². The normalized spacial score (nSPS) is 17.8. The molecule has 1 atom stereocenters. The summed E-state index contributed by atoms with van der Waals surface area (Å²) >= 11 is 0. The van der Waals surface area contributed by atoms with Crippen LogP contribution in [0.15, 0.2) is 35.5 Å². The Morgan fingerprint density at radius 2 is 2.05 bits per heavy atom. The fraction of sp³-hybridized carbons (Fsp3) is 0.333. The molecule has 2 rings (SSSR count). The van der Waals surface area contributed by atoms with Crippen LogP contribution in [0.4, 0.5) is 9.18 Å². The van der Waals surface area contributed by atoms with Crippen molar-refractivity contribution in [1.82, 2.24) is 10.6 Å². The molecule has 1 heterocycles. The van der Waals surface area contributed by atoms with Gasteiger partial charge < -0.3 is 20.1 Å². The Balaban J connectivity index is 2.33. The van der Waals surface area contributed by atoms with Crippen LogP contribution in [-0.2, 0) is 14.3 Å². The fourth-order valence-corrected chi connectivity index (χ4v) is 2.20. The van der Waals surface area contributed by atoms with Crippen molar-refractivity contribution >= 4 is 12.0 Å². The predicted octanol–water partition coefficient (Wildman–Crippen LogP) is 1.64. The zero-order valence-electron chi connectivity index (χ0n) is 12.3. The fourth-order valence-electron chi connectivity index (χ4n) is 2.20. The predicted molar refractivity (Wildman–Crippen MR) is 76.3 cm³/mol. The quantitative estimate of drug-likeness (QED) is 0.640. The smallest absolute Gasteiger partial charge is 0.338 e. The first-order valence-electron chi connectivity index (χ1n) is 6.73. The third-order valence-electron chi connectivity index (χ3n) is 3.23. The minimum atomic E-state index is -0.898. The lowest BCUT2D eigenvalue weighted by Crippen LogP contribution is -2.45. The second-order valence-corrected chi connectivity index (χ2v) is 4.72. The highest BCUT2D eigenvalue weighted by Gasteiger charge is 2.33. The van der Waals surface area contributed by atoms with E-state index in [1.54, 1.807) is 13.0 Å². The summed E-state index contributed by atoms with van der Waals surface area (Å²) in [6.07, 6.45) is 0. The van der Waals surface area contributed by atoms with E-state index in [2.05, 4.69) is 10.6 Å². The van der Waals surface area contributed by atoms with Gasteiger partial charge in [-0.15, -0.1) is 0 Å². The monoisotopic (exact) mass is 308 g/mol. The van der Waals surface area contributed by atoms with E-state index >= 15 is 0 Å². The lowest BCUT2D eigenvalue weighted by Gasteiger charge is -2.28. The number of benzene rings is 1. The Morgan fingerprint density at radius 1 is 1.32 bits per heavy atom. The van der Waals surface area contributed by atoms with Gasteiger partial charge in [0.2, 0.25) is 0 Å². The molecule has 0 aliphatic carbocycles. The topological polar surface area (TPSA) is 76.7 Å². The summed E-state index contributed by atoms with van der Waals surface area (Å²) in [6, 6.07) is 4.56. The maximum absolute atomic E-state index is 14.0. The van der Waals surface area contributed by atoms with Crippen LogP contribution in [-0.4, -0.2) is 32.3 Å². The molecule has 0 radical (unpaired) electrons. The van der Waals surface area contributed by atoms with E-state index in [9.17, 15) is 14.0 Å². The van der Waals surface area contributed by atoms with Gasteiger partial charge in [0.05, 0.1) is 18.2 Å². The van der Waals surface area contributed by atoms with Crippen molar-refractivity contribution in [3.05, 3.63) is 46.9 Å². The third-order valence-corrected chi connectivity index (χ3v) is 3.23. The second kappa shape index (κ2) is 7.04. The highest BCUT2D eigenvalue weighted by molar-refractivity contribution is 5.95. The number of carbonyl (C=O) groups is 2. The van der Waals surface area contributed by atoms with Crippen LogP contribution in [0.2, 0.25) is 0 Å². The molecule has 0 saturated heterocycles. The van der Waals surface area contributed by atoms with Gasteiger partial charge in [0, 0.05) is 18.4 Å². The zero-order valence-corrected chi connectivity index (χ0v) is 12.3. The molecule has 1 aliphatic rings. The number of esters is 1. The van der Waals surface area contributed by atoms with Crippen molar-refractivity contribution in [2.75, 3.05) is 20.3 Å². The van der Waals surface area contributed by atoms with Gasteiger partial charge in [-0.3, -0.25) is 0 Å². The van der Waals surface area contributed by atoms with Gasteiger partial charge >= 0.3 is 12.0 Å². The van der Waals surface area contributed by atoms with Crippen molar-refractivity contribution in [1.29, 1.82) is 0 Å². The van der Waals surface area contributed by atoms with Gasteiger partial charge in [-0.25, -0.2) is 14.0 Å². The molecule has 1 aromatic rings. The van der Waals surface area contributed by atoms with E-state index in [0.717, 1.165) is 0 Å². The Kier molecular flexibility index (Phi) is 5.11. The molecule has 0 bridgehead atoms. The van der Waals surface area contributed by atoms with Gasteiger partial charge in [0.1, 0.15) is 12.4 Å². The molecule has 7 heteroatoms. The van der Waals surface area contributed by atoms with Gasteiger partial charge in [-0.05, 0) is 13.0 Å². The molecule has 118 valence electrons. The molecule has 1 aromatic carbocycles. The molecule has 0 unspecified atom stereocenters. The van der Waals surface area contributed by atoms with Crippen LogP contribution in [0.25, 0.3) is 0 Å². The summed E-state index contributed by atoms with van der Waals surface area (Å²) in [5.41, 5.74) is 0.704. The number of methoxy groups -OCH3 is 1. The molecule has 0 saturated carbocycles. The number of allylic oxidation sites excluding steroid dienone is 1. The molecule has 22 heavy (non-hydrogen) atoms. The van der Waals surface area contributed by atoms with E-state index < -0.39 is 23.9 Å². The molecular weight excluding hydrogens is 291 g/mol. The first kappa shape index (κ1) is 16.0. The Bertz CT molecular complexity index is 615. The van der Waals surface area contributed by atoms with Crippen molar-refractivity contribution in [3.63, 3.8) is 0 Å². The number of carbonyl (C=O) groups excluding carboxylic acids is 2. The first-order chi connectivity index (χ1) is 10.5. The molecule has 0 aromatic heterocycles. The first-order valence-corrected chi connectivity index (χ1v) is 6.73. The second-order valence-electron chi connectivity index (χ2n) is 4.72. The van der Waals surface area contributed by atoms with Crippen molar-refractivity contribution < 1.29 is 23.5 Å². The van der Waals surface area contributed by atoms with E-state index in [0.29, 0.717) is 5.70 Å². The average molecular weight is 308 g/mol. The molecule has 2 amide bonds. The maximum Gasteiger partial charge on any atom is 0.338 e. The molecule has 6 nitrogen and oxygen atoms in total. The molecule has 0 fully saturated rings. The Hall–Kier alpha value is -2.41. The number of hydrogen-bond acceptors (Lipinski definition) is 4. The van der Waals surface area contributed by atoms with Crippen molar-refractivity contribution in [3.8, 4) is 0 Å². The van der Waals surface area contributed by atoms with E-state index in [1.807, 2.05) is 0 Å². The van der Waals surface area contributed by atoms with E-state index in [-0.39, 0.29) is 24.4 Å². The largest absolute Gasteiger partial charge is 0.460 e. The summed E-state index contributed by atoms with van der Waals surface area (Å²) in [4.78, 5) is 23.9. The standard InChI is InChI=1S/C15H17FN2O4/c1-9-12(14(19)22-8-7-21-2)13(18-15(20)17-9)10-5-3-4-6-11(10)16/h3-6,13H,7-8H2,1-2H3,(H2,17,18,20)/t13-/m0/s1. The average Bonchev–Trinajstić information content (AvgIpc) is 2.47. The minimum Gasteiger partial charge on any atom is -0.460 e. The van der Waals surface area contributed by atoms with E-state index in [1.165, 1.54) is 25.3 Å². The summed E-state index contributed by atoms with van der Waals surface area (Å²) in [6.45, 7) is 1.89. The number of nitrogens with one attached hydrogen (secondary N) is 2.